The van der Waals surface area contributed by atoms with E-state index in [0.29, 0.717) is 28.4 Å². The van der Waals surface area contributed by atoms with E-state index in [2.05, 4.69) is 15.3 Å². The summed E-state index contributed by atoms with van der Waals surface area (Å²) in [7, 11) is 0. The van der Waals surface area contributed by atoms with Gasteiger partial charge in [0, 0.05) is 17.0 Å². The third-order valence-electron chi connectivity index (χ3n) is 3.99. The van der Waals surface area contributed by atoms with Crippen LogP contribution in [0.4, 0.5) is 5.69 Å². The van der Waals surface area contributed by atoms with Crippen LogP contribution in [0.2, 0.25) is 0 Å². The van der Waals surface area contributed by atoms with Gasteiger partial charge in [0.15, 0.2) is 0 Å². The lowest BCUT2D eigenvalue weighted by atomic mass is 10.2. The van der Waals surface area contributed by atoms with Crippen LogP contribution in [0.25, 0.3) is 22.1 Å². The van der Waals surface area contributed by atoms with Crippen LogP contribution >= 0.6 is 0 Å². The van der Waals surface area contributed by atoms with E-state index in [1.165, 1.54) is 6.33 Å². The molecule has 26 heavy (non-hydrogen) atoms. The Bertz CT molecular complexity index is 1080. The van der Waals surface area contributed by atoms with Gasteiger partial charge in [0.05, 0.1) is 0 Å². The van der Waals surface area contributed by atoms with Crippen LogP contribution in [0.5, 0.6) is 11.6 Å². The van der Waals surface area contributed by atoms with Crippen LogP contribution in [-0.4, -0.2) is 15.9 Å². The van der Waals surface area contributed by atoms with Crippen LogP contribution in [0.3, 0.4) is 0 Å². The number of para-hydroxylation sites is 1. The predicted molar refractivity (Wildman–Crippen MR) is 99.3 cm³/mol. The number of aromatic nitrogens is 2. The van der Waals surface area contributed by atoms with Gasteiger partial charge in [-0.1, -0.05) is 26.0 Å². The van der Waals surface area contributed by atoms with Crippen LogP contribution in [0.1, 0.15) is 13.8 Å². The maximum atomic E-state index is 11.7. The maximum Gasteiger partial charge on any atom is 0.267 e. The number of nitrogens with one attached hydrogen (secondary N) is 1. The van der Waals surface area contributed by atoms with Gasteiger partial charge >= 0.3 is 0 Å². The van der Waals surface area contributed by atoms with Crippen molar-refractivity contribution in [2.45, 2.75) is 13.8 Å². The number of rotatable bonds is 4. The van der Waals surface area contributed by atoms with Crippen molar-refractivity contribution in [1.29, 1.82) is 0 Å². The number of benzene rings is 2. The van der Waals surface area contributed by atoms with E-state index < -0.39 is 0 Å². The predicted octanol–water partition coefficient (Wildman–Crippen LogP) is 4.76. The molecule has 4 rings (SSSR count). The van der Waals surface area contributed by atoms with Gasteiger partial charge in [-0.15, -0.1) is 0 Å². The zero-order chi connectivity index (χ0) is 18.1. The fourth-order valence-electron chi connectivity index (χ4n) is 2.58. The van der Waals surface area contributed by atoms with Crippen LogP contribution in [-0.2, 0) is 4.79 Å². The van der Waals surface area contributed by atoms with Gasteiger partial charge < -0.3 is 14.5 Å². The molecule has 0 saturated heterocycles. The van der Waals surface area contributed by atoms with Gasteiger partial charge in [-0.2, -0.15) is 4.98 Å². The fraction of sp³-hybridized carbons (Fsp3) is 0.150. The molecular weight excluding hydrogens is 330 g/mol. The van der Waals surface area contributed by atoms with Crippen molar-refractivity contribution in [3.8, 4) is 11.6 Å². The highest BCUT2D eigenvalue weighted by atomic mass is 16.5. The SMILES string of the molecule is CC(C)C(=O)Nc1ccc(Oc2ncnc3c2oc2ccccc23)cc1. The molecule has 2 heterocycles. The summed E-state index contributed by atoms with van der Waals surface area (Å²) < 4.78 is 11.7. The van der Waals surface area contributed by atoms with Gasteiger partial charge in [0.2, 0.25) is 11.5 Å². The number of carbonyl (C=O) groups excluding carboxylic acids is 1. The molecule has 0 bridgehead atoms. The van der Waals surface area contributed by atoms with Gasteiger partial charge in [-0.3, -0.25) is 4.79 Å². The summed E-state index contributed by atoms with van der Waals surface area (Å²) in [5.74, 6) is 0.838. The summed E-state index contributed by atoms with van der Waals surface area (Å²) in [5, 5.41) is 3.76. The summed E-state index contributed by atoms with van der Waals surface area (Å²) in [6.07, 6.45) is 1.46. The molecule has 0 unspecified atom stereocenters. The molecule has 0 spiro atoms. The minimum absolute atomic E-state index is 0.0292. The van der Waals surface area contributed by atoms with Crippen LogP contribution in [0, 0.1) is 5.92 Å². The monoisotopic (exact) mass is 347 g/mol. The van der Waals surface area contributed by atoms with E-state index in [9.17, 15) is 4.79 Å². The van der Waals surface area contributed by atoms with Crippen molar-refractivity contribution in [3.63, 3.8) is 0 Å². The second-order valence-corrected chi connectivity index (χ2v) is 6.23. The highest BCUT2D eigenvalue weighted by Gasteiger charge is 2.14. The van der Waals surface area contributed by atoms with Gasteiger partial charge in [0.1, 0.15) is 23.2 Å². The third kappa shape index (κ3) is 2.97. The van der Waals surface area contributed by atoms with Crippen LogP contribution < -0.4 is 10.1 Å². The molecule has 130 valence electrons. The molecule has 6 nitrogen and oxygen atoms in total. The second-order valence-electron chi connectivity index (χ2n) is 6.23. The number of fused-ring (bicyclic) bond motifs is 3. The van der Waals surface area contributed by atoms with Crippen LogP contribution in [0.15, 0.2) is 59.3 Å². The lowest BCUT2D eigenvalue weighted by Gasteiger charge is -2.09. The number of hydrogen-bond donors (Lipinski definition) is 1. The lowest BCUT2D eigenvalue weighted by Crippen LogP contribution is -2.17. The molecule has 2 aromatic carbocycles. The second kappa shape index (κ2) is 6.48. The zero-order valence-electron chi connectivity index (χ0n) is 14.4. The molecule has 0 fully saturated rings. The summed E-state index contributed by atoms with van der Waals surface area (Å²) in [5.41, 5.74) is 2.67. The Morgan fingerprint density at radius 3 is 2.62 bits per heavy atom. The Kier molecular flexibility index (Phi) is 4.01. The third-order valence-corrected chi connectivity index (χ3v) is 3.99. The highest BCUT2D eigenvalue weighted by Crippen LogP contribution is 2.33. The first-order chi connectivity index (χ1) is 12.6. The first kappa shape index (κ1) is 16.1. The van der Waals surface area contributed by atoms with Crippen molar-refractivity contribution in [2.24, 2.45) is 5.92 Å². The summed E-state index contributed by atoms with van der Waals surface area (Å²) in [6.45, 7) is 3.70. The van der Waals surface area contributed by atoms with Crippen molar-refractivity contribution in [1.82, 2.24) is 9.97 Å². The Hall–Kier alpha value is -3.41. The van der Waals surface area contributed by atoms with E-state index in [1.54, 1.807) is 24.3 Å². The van der Waals surface area contributed by atoms with Gasteiger partial charge in [-0.25, -0.2) is 4.98 Å². The smallest absolute Gasteiger partial charge is 0.267 e. The van der Waals surface area contributed by atoms with E-state index >= 15 is 0 Å². The molecule has 0 atom stereocenters. The first-order valence-corrected chi connectivity index (χ1v) is 8.33. The number of ether oxygens (including phenoxy) is 1. The Morgan fingerprint density at radius 1 is 1.08 bits per heavy atom. The molecule has 0 aliphatic heterocycles. The number of nitrogens with zero attached hydrogens (tertiary/aromatic N) is 2. The average molecular weight is 347 g/mol. The molecule has 2 aromatic heterocycles. The maximum absolute atomic E-state index is 11.7. The minimum Gasteiger partial charge on any atom is -0.449 e. The molecule has 0 aliphatic rings. The van der Waals surface area contributed by atoms with Gasteiger partial charge in [0.25, 0.3) is 5.88 Å². The first-order valence-electron chi connectivity index (χ1n) is 8.33. The number of anilines is 1. The van der Waals surface area contributed by atoms with Crippen molar-refractivity contribution >= 4 is 33.7 Å². The van der Waals surface area contributed by atoms with E-state index in [1.807, 2.05) is 38.1 Å². The Labute approximate surface area is 149 Å². The topological polar surface area (TPSA) is 77.2 Å². The van der Waals surface area contributed by atoms with Crippen molar-refractivity contribution in [2.75, 3.05) is 5.32 Å². The van der Waals surface area contributed by atoms with E-state index in [0.717, 1.165) is 11.0 Å². The lowest BCUT2D eigenvalue weighted by molar-refractivity contribution is -0.118. The largest absolute Gasteiger partial charge is 0.449 e. The molecule has 0 saturated carbocycles. The number of amides is 1. The minimum atomic E-state index is -0.0756. The van der Waals surface area contributed by atoms with Crippen molar-refractivity contribution in [3.05, 3.63) is 54.9 Å². The van der Waals surface area contributed by atoms with E-state index in [4.69, 9.17) is 9.15 Å². The molecule has 0 radical (unpaired) electrons. The zero-order valence-corrected chi connectivity index (χ0v) is 14.4. The van der Waals surface area contributed by atoms with E-state index in [-0.39, 0.29) is 11.8 Å². The number of carbonyl (C=O) groups is 1. The normalized spacial score (nSPS) is 11.2. The van der Waals surface area contributed by atoms with Gasteiger partial charge in [-0.05, 0) is 36.4 Å². The number of hydrogen-bond acceptors (Lipinski definition) is 5. The summed E-state index contributed by atoms with van der Waals surface area (Å²) >= 11 is 0. The fourth-order valence-corrected chi connectivity index (χ4v) is 2.58. The molecule has 4 aromatic rings. The molecule has 1 amide bonds. The molecule has 1 N–H and O–H groups in total. The summed E-state index contributed by atoms with van der Waals surface area (Å²) in [4.78, 5) is 20.2. The standard InChI is InChI=1S/C20H17N3O3/c1-12(2)19(24)23-13-7-9-14(10-8-13)25-20-18-17(21-11-22-20)15-5-3-4-6-16(15)26-18/h3-12H,1-2H3,(H,23,24). The Morgan fingerprint density at radius 2 is 1.85 bits per heavy atom. The molecule has 6 heteroatoms. The highest BCUT2D eigenvalue weighted by molar-refractivity contribution is 6.03. The summed E-state index contributed by atoms with van der Waals surface area (Å²) in [6, 6.07) is 14.8. The molecule has 0 aliphatic carbocycles. The molecular formula is C20H17N3O3. The quantitative estimate of drug-likeness (QED) is 0.576. The average Bonchev–Trinajstić information content (AvgIpc) is 3.03. The number of furan rings is 1. The van der Waals surface area contributed by atoms with Crippen molar-refractivity contribution < 1.29 is 13.9 Å². The Balaban J connectivity index is 1.62.